The van der Waals surface area contributed by atoms with Crippen LogP contribution < -0.4 is 10.1 Å². The van der Waals surface area contributed by atoms with Crippen LogP contribution in [0.15, 0.2) is 42.5 Å². The molecule has 6 rings (SSSR count). The number of carbonyl (C=O) groups excluding carboxylic acids is 1. The Bertz CT molecular complexity index is 981. The predicted octanol–water partition coefficient (Wildman–Crippen LogP) is 5.89. The minimum absolute atomic E-state index is 0.0450. The first-order chi connectivity index (χ1) is 14.9. The van der Waals surface area contributed by atoms with E-state index in [9.17, 15) is 14.7 Å². The molecule has 2 aromatic carbocycles. The molecular weight excluding hydrogens is 414 g/mol. The molecule has 6 heteroatoms. The van der Waals surface area contributed by atoms with Gasteiger partial charge in [0.1, 0.15) is 5.75 Å². The number of nitrogens with one attached hydrogen (secondary N) is 1. The van der Waals surface area contributed by atoms with E-state index in [0.29, 0.717) is 16.0 Å². The second-order valence-electron chi connectivity index (χ2n) is 9.68. The summed E-state index contributed by atoms with van der Waals surface area (Å²) in [5.41, 5.74) is 0.945. The highest BCUT2D eigenvalue weighted by Gasteiger charge is 2.51. The van der Waals surface area contributed by atoms with E-state index in [1.807, 2.05) is 12.1 Å². The number of hydrogen-bond donors (Lipinski definition) is 2. The Morgan fingerprint density at radius 2 is 1.61 bits per heavy atom. The van der Waals surface area contributed by atoms with Crippen LogP contribution in [0.1, 0.15) is 59.2 Å². The topological polar surface area (TPSA) is 75.6 Å². The molecule has 1 amide bonds. The quantitative estimate of drug-likeness (QED) is 0.588. The van der Waals surface area contributed by atoms with Gasteiger partial charge < -0.3 is 15.2 Å². The fraction of sp³-hybridized carbons (Fsp3) is 0.440. The zero-order chi connectivity index (χ0) is 21.6. The highest BCUT2D eigenvalue weighted by molar-refractivity contribution is 6.31. The number of carbonyl (C=O) groups is 2. The molecule has 2 aromatic rings. The molecule has 0 atom stereocenters. The lowest BCUT2D eigenvalue weighted by Crippen LogP contribution is -2.48. The van der Waals surface area contributed by atoms with Crippen molar-refractivity contribution in [2.45, 2.75) is 38.5 Å². The summed E-state index contributed by atoms with van der Waals surface area (Å²) in [7, 11) is 0. The Balaban J connectivity index is 1.22. The first-order valence-electron chi connectivity index (χ1n) is 11.0. The maximum atomic E-state index is 12.6. The molecule has 2 N–H and O–H groups in total. The average molecular weight is 440 g/mol. The maximum absolute atomic E-state index is 12.6. The molecule has 4 aliphatic carbocycles. The molecule has 0 radical (unpaired) electrons. The van der Waals surface area contributed by atoms with Crippen LogP contribution in [0, 0.1) is 23.2 Å². The van der Waals surface area contributed by atoms with E-state index < -0.39 is 5.97 Å². The zero-order valence-electron chi connectivity index (χ0n) is 17.3. The Morgan fingerprint density at radius 1 is 1.00 bits per heavy atom. The number of amides is 1. The number of benzene rings is 2. The van der Waals surface area contributed by atoms with Gasteiger partial charge in [-0.1, -0.05) is 11.6 Å². The molecule has 4 aliphatic rings. The number of carboxylic acid groups (broad SMARTS) is 1. The lowest BCUT2D eigenvalue weighted by Gasteiger charge is -2.56. The second kappa shape index (κ2) is 7.86. The summed E-state index contributed by atoms with van der Waals surface area (Å²) in [4.78, 5) is 24.0. The van der Waals surface area contributed by atoms with Gasteiger partial charge in [-0.3, -0.25) is 4.79 Å². The van der Waals surface area contributed by atoms with E-state index in [4.69, 9.17) is 16.3 Å². The van der Waals surface area contributed by atoms with Crippen molar-refractivity contribution in [1.29, 1.82) is 0 Å². The van der Waals surface area contributed by atoms with Gasteiger partial charge in [0, 0.05) is 16.0 Å². The van der Waals surface area contributed by atoms with Crippen molar-refractivity contribution in [3.63, 3.8) is 0 Å². The van der Waals surface area contributed by atoms with Gasteiger partial charge in [0.2, 0.25) is 0 Å². The lowest BCUT2D eigenvalue weighted by molar-refractivity contribution is -0.0745. The molecule has 0 aromatic heterocycles. The van der Waals surface area contributed by atoms with E-state index in [2.05, 4.69) is 5.32 Å². The molecule has 4 saturated carbocycles. The normalized spacial score (nSPS) is 28.4. The van der Waals surface area contributed by atoms with E-state index in [1.54, 1.807) is 18.2 Å². The number of anilines is 1. The lowest BCUT2D eigenvalue weighted by atomic mass is 9.50. The van der Waals surface area contributed by atoms with E-state index in [1.165, 1.54) is 50.7 Å². The van der Waals surface area contributed by atoms with Gasteiger partial charge in [0.05, 0.1) is 17.9 Å². The minimum Gasteiger partial charge on any atom is -0.493 e. The average Bonchev–Trinajstić information content (AvgIpc) is 2.73. The molecule has 0 heterocycles. The number of halogens is 1. The largest absolute Gasteiger partial charge is 0.493 e. The van der Waals surface area contributed by atoms with Crippen molar-refractivity contribution >= 4 is 29.2 Å². The third-order valence-electron chi connectivity index (χ3n) is 7.29. The maximum Gasteiger partial charge on any atom is 0.337 e. The predicted molar refractivity (Wildman–Crippen MR) is 119 cm³/mol. The van der Waals surface area contributed by atoms with Crippen LogP contribution in [0.25, 0.3) is 0 Å². The summed E-state index contributed by atoms with van der Waals surface area (Å²) in [6, 6.07) is 11.4. The summed E-state index contributed by atoms with van der Waals surface area (Å²) in [5.74, 6) is 1.92. The molecule has 162 valence electrons. The molecule has 0 aliphatic heterocycles. The zero-order valence-corrected chi connectivity index (χ0v) is 18.0. The van der Waals surface area contributed by atoms with Crippen molar-refractivity contribution in [2.75, 3.05) is 11.9 Å². The number of rotatable bonds is 6. The molecule has 4 bridgehead atoms. The van der Waals surface area contributed by atoms with E-state index in [-0.39, 0.29) is 17.2 Å². The van der Waals surface area contributed by atoms with Crippen molar-refractivity contribution < 1.29 is 19.4 Å². The summed E-state index contributed by atoms with van der Waals surface area (Å²) < 4.78 is 6.18. The van der Waals surface area contributed by atoms with Crippen molar-refractivity contribution in [3.05, 3.63) is 58.6 Å². The monoisotopic (exact) mass is 439 g/mol. The van der Waals surface area contributed by atoms with Crippen LogP contribution in [0.3, 0.4) is 0 Å². The number of ether oxygens (including phenoxy) is 1. The van der Waals surface area contributed by atoms with E-state index >= 15 is 0 Å². The Morgan fingerprint density at radius 3 is 2.19 bits per heavy atom. The summed E-state index contributed by atoms with van der Waals surface area (Å²) in [5, 5.41) is 12.3. The number of carboxylic acids is 1. The first-order valence-corrected chi connectivity index (χ1v) is 11.3. The van der Waals surface area contributed by atoms with Crippen LogP contribution in [0.4, 0.5) is 5.69 Å². The highest BCUT2D eigenvalue weighted by Crippen LogP contribution is 2.60. The number of aromatic carboxylic acids is 1. The highest BCUT2D eigenvalue weighted by atomic mass is 35.5. The third-order valence-corrected chi connectivity index (χ3v) is 7.52. The molecule has 0 saturated heterocycles. The standard InChI is InChI=1S/C25H26ClNO4/c26-19-3-6-22(21(10-19)24(29)30)27-23(28)18-1-4-20(5-2-18)31-14-25-11-15-7-16(12-25)9-17(8-15)13-25/h1-6,10,15-17H,7-9,11-14H2,(H,27,28)(H,29,30). The summed E-state index contributed by atoms with van der Waals surface area (Å²) in [6.07, 6.45) is 8.15. The van der Waals surface area contributed by atoms with Gasteiger partial charge in [0.25, 0.3) is 5.91 Å². The van der Waals surface area contributed by atoms with Gasteiger partial charge in [-0.2, -0.15) is 0 Å². The molecule has 4 fully saturated rings. The van der Waals surface area contributed by atoms with Crippen LogP contribution >= 0.6 is 11.6 Å². The summed E-state index contributed by atoms with van der Waals surface area (Å²) in [6.45, 7) is 0.759. The Hall–Kier alpha value is -2.53. The van der Waals surface area contributed by atoms with E-state index in [0.717, 1.165) is 30.1 Å². The number of hydrogen-bond acceptors (Lipinski definition) is 3. The Kier molecular flexibility index (Phi) is 5.17. The van der Waals surface area contributed by atoms with Gasteiger partial charge in [-0.25, -0.2) is 4.79 Å². The smallest absolute Gasteiger partial charge is 0.337 e. The SMILES string of the molecule is O=C(Nc1ccc(Cl)cc1C(=O)O)c1ccc(OCC23CC4CC(CC(C4)C2)C3)cc1. The fourth-order valence-electron chi connectivity index (χ4n) is 6.40. The molecular formula is C25H26ClNO4. The Labute approximate surface area is 186 Å². The van der Waals surface area contributed by atoms with Crippen LogP contribution in [0.2, 0.25) is 5.02 Å². The first kappa shape index (κ1) is 20.4. The third kappa shape index (κ3) is 4.16. The molecule has 31 heavy (non-hydrogen) atoms. The van der Waals surface area contributed by atoms with Crippen LogP contribution in [-0.2, 0) is 0 Å². The van der Waals surface area contributed by atoms with Crippen molar-refractivity contribution in [1.82, 2.24) is 0 Å². The fourth-order valence-corrected chi connectivity index (χ4v) is 6.57. The van der Waals surface area contributed by atoms with Gasteiger partial charge in [-0.15, -0.1) is 0 Å². The van der Waals surface area contributed by atoms with Gasteiger partial charge in [-0.05, 0) is 98.7 Å². The van der Waals surface area contributed by atoms with Crippen LogP contribution in [-0.4, -0.2) is 23.6 Å². The van der Waals surface area contributed by atoms with Gasteiger partial charge >= 0.3 is 5.97 Å². The van der Waals surface area contributed by atoms with Gasteiger partial charge in [0.15, 0.2) is 0 Å². The molecule has 5 nitrogen and oxygen atoms in total. The minimum atomic E-state index is -1.15. The second-order valence-corrected chi connectivity index (χ2v) is 10.1. The van der Waals surface area contributed by atoms with Crippen molar-refractivity contribution in [2.24, 2.45) is 23.2 Å². The molecule has 0 unspecified atom stereocenters. The van der Waals surface area contributed by atoms with Crippen LogP contribution in [0.5, 0.6) is 5.75 Å². The summed E-state index contributed by atoms with van der Waals surface area (Å²) >= 11 is 5.87. The van der Waals surface area contributed by atoms with Crippen molar-refractivity contribution in [3.8, 4) is 5.75 Å². The molecule has 0 spiro atoms.